The lowest BCUT2D eigenvalue weighted by atomic mass is 10.1. The number of aromatic amines is 1. The fourth-order valence-corrected chi connectivity index (χ4v) is 3.23. The van der Waals surface area contributed by atoms with Crippen molar-refractivity contribution in [3.05, 3.63) is 63.4 Å². The largest absolute Gasteiger partial charge is 0.352 e. The Labute approximate surface area is 159 Å². The first kappa shape index (κ1) is 19.8. The number of benzene rings is 1. The van der Waals surface area contributed by atoms with Crippen molar-refractivity contribution in [1.82, 2.24) is 15.6 Å². The van der Waals surface area contributed by atoms with E-state index in [-0.39, 0.29) is 24.4 Å². The molecule has 26 heavy (non-hydrogen) atoms. The third-order valence-corrected chi connectivity index (χ3v) is 4.42. The molecule has 1 unspecified atom stereocenters. The molecule has 0 bridgehead atoms. The molecule has 3 N–H and O–H groups in total. The summed E-state index contributed by atoms with van der Waals surface area (Å²) in [6.07, 6.45) is 1.73. The van der Waals surface area contributed by atoms with Crippen molar-refractivity contribution >= 4 is 24.0 Å². The monoisotopic (exact) mass is 371 g/mol. The number of aromatic nitrogens is 1. The molecule has 1 atom stereocenters. The zero-order chi connectivity index (χ0) is 19.1. The topological polar surface area (TPSA) is 74.0 Å². The lowest BCUT2D eigenvalue weighted by molar-refractivity contribution is -0.120. The van der Waals surface area contributed by atoms with E-state index in [1.54, 1.807) is 0 Å². The molecule has 138 valence electrons. The molecule has 5 nitrogen and oxygen atoms in total. The Morgan fingerprint density at radius 3 is 2.54 bits per heavy atom. The predicted molar refractivity (Wildman–Crippen MR) is 106 cm³/mol. The third kappa shape index (κ3) is 5.81. The molecule has 2 aromatic rings. The molecule has 1 heterocycles. The van der Waals surface area contributed by atoms with Crippen LogP contribution in [0.4, 0.5) is 0 Å². The molecule has 0 saturated heterocycles. The van der Waals surface area contributed by atoms with Gasteiger partial charge in [-0.2, -0.15) is 0 Å². The van der Waals surface area contributed by atoms with Crippen LogP contribution in [0.25, 0.3) is 0 Å². The van der Waals surface area contributed by atoms with Crippen LogP contribution in [0.2, 0.25) is 0 Å². The number of rotatable bonds is 7. The lowest BCUT2D eigenvalue weighted by Gasteiger charge is -2.14. The van der Waals surface area contributed by atoms with Crippen molar-refractivity contribution in [3.63, 3.8) is 0 Å². The van der Waals surface area contributed by atoms with Crippen LogP contribution in [0.3, 0.4) is 0 Å². The summed E-state index contributed by atoms with van der Waals surface area (Å²) < 4.78 is 0.386. The minimum Gasteiger partial charge on any atom is -0.352 e. The van der Waals surface area contributed by atoms with E-state index in [9.17, 15) is 9.59 Å². The van der Waals surface area contributed by atoms with Crippen molar-refractivity contribution in [3.8, 4) is 0 Å². The van der Waals surface area contributed by atoms with Gasteiger partial charge in [0.15, 0.2) is 0 Å². The second-order valence-electron chi connectivity index (χ2n) is 6.51. The fourth-order valence-electron chi connectivity index (χ4n) is 2.81. The first-order valence-electron chi connectivity index (χ1n) is 8.69. The van der Waals surface area contributed by atoms with Crippen LogP contribution in [-0.4, -0.2) is 29.4 Å². The summed E-state index contributed by atoms with van der Waals surface area (Å²) in [5, 5.41) is 5.55. The molecule has 0 aliphatic rings. The molecule has 6 heteroatoms. The van der Waals surface area contributed by atoms with Gasteiger partial charge in [-0.05, 0) is 50.8 Å². The Morgan fingerprint density at radius 2 is 1.88 bits per heavy atom. The maximum Gasteiger partial charge on any atom is 0.254 e. The number of carbonyl (C=O) groups excluding carboxylic acids is 2. The van der Waals surface area contributed by atoms with Gasteiger partial charge in [-0.1, -0.05) is 42.5 Å². The summed E-state index contributed by atoms with van der Waals surface area (Å²) in [6, 6.07) is 12.0. The van der Waals surface area contributed by atoms with E-state index in [0.29, 0.717) is 10.2 Å². The molecule has 0 fully saturated rings. The number of nitrogens with one attached hydrogen (secondary N) is 3. The fraction of sp³-hybridized carbons (Fsp3) is 0.350. The van der Waals surface area contributed by atoms with Crippen molar-refractivity contribution in [2.75, 3.05) is 6.54 Å². The van der Waals surface area contributed by atoms with Crippen LogP contribution in [0.5, 0.6) is 0 Å². The predicted octanol–water partition coefficient (Wildman–Crippen LogP) is 3.23. The van der Waals surface area contributed by atoms with Gasteiger partial charge in [0.05, 0.1) is 12.1 Å². The maximum absolute atomic E-state index is 12.3. The summed E-state index contributed by atoms with van der Waals surface area (Å²) in [7, 11) is 0. The van der Waals surface area contributed by atoms with E-state index in [2.05, 4.69) is 27.8 Å². The Balaban J connectivity index is 1.81. The summed E-state index contributed by atoms with van der Waals surface area (Å²) in [4.78, 5) is 27.4. The molecule has 1 aromatic heterocycles. The van der Waals surface area contributed by atoms with E-state index in [0.717, 1.165) is 24.1 Å². The van der Waals surface area contributed by atoms with Crippen molar-refractivity contribution < 1.29 is 9.59 Å². The van der Waals surface area contributed by atoms with E-state index < -0.39 is 0 Å². The highest BCUT2D eigenvalue weighted by atomic mass is 32.1. The Hall–Kier alpha value is -2.47. The van der Waals surface area contributed by atoms with Gasteiger partial charge in [-0.3, -0.25) is 9.59 Å². The number of H-pyrrole nitrogens is 1. The summed E-state index contributed by atoms with van der Waals surface area (Å²) in [6.45, 7) is 5.60. The van der Waals surface area contributed by atoms with Crippen LogP contribution in [-0.2, 0) is 11.2 Å². The van der Waals surface area contributed by atoms with Gasteiger partial charge >= 0.3 is 0 Å². The van der Waals surface area contributed by atoms with Crippen LogP contribution >= 0.6 is 12.2 Å². The van der Waals surface area contributed by atoms with Crippen LogP contribution in [0.1, 0.15) is 40.5 Å². The molecule has 0 radical (unpaired) electrons. The summed E-state index contributed by atoms with van der Waals surface area (Å²) in [5.74, 6) is -0.547. The first-order chi connectivity index (χ1) is 12.4. The van der Waals surface area contributed by atoms with E-state index in [4.69, 9.17) is 12.2 Å². The van der Waals surface area contributed by atoms with Gasteiger partial charge < -0.3 is 15.6 Å². The lowest BCUT2D eigenvalue weighted by Crippen LogP contribution is -2.41. The summed E-state index contributed by atoms with van der Waals surface area (Å²) >= 11 is 5.22. The highest BCUT2D eigenvalue weighted by Crippen LogP contribution is 2.10. The first-order valence-corrected chi connectivity index (χ1v) is 9.09. The number of carbonyl (C=O) groups is 2. The zero-order valence-electron chi connectivity index (χ0n) is 15.4. The average molecular weight is 372 g/mol. The van der Waals surface area contributed by atoms with Gasteiger partial charge in [0, 0.05) is 11.7 Å². The molecule has 0 spiro atoms. The number of pyridine rings is 1. The van der Waals surface area contributed by atoms with Crippen molar-refractivity contribution in [1.29, 1.82) is 0 Å². The van der Waals surface area contributed by atoms with E-state index in [1.807, 2.05) is 45.0 Å². The number of aryl methyl sites for hydroxylation is 3. The molecule has 2 rings (SSSR count). The van der Waals surface area contributed by atoms with Crippen molar-refractivity contribution in [2.45, 2.75) is 39.7 Å². The molecule has 0 aliphatic carbocycles. The zero-order valence-corrected chi connectivity index (χ0v) is 16.2. The number of hydrogen-bond donors (Lipinski definition) is 3. The van der Waals surface area contributed by atoms with Crippen LogP contribution in [0.15, 0.2) is 36.4 Å². The highest BCUT2D eigenvalue weighted by Gasteiger charge is 2.14. The summed E-state index contributed by atoms with van der Waals surface area (Å²) in [5.41, 5.74) is 3.34. The molecule has 2 amide bonds. The van der Waals surface area contributed by atoms with Crippen molar-refractivity contribution in [2.24, 2.45) is 0 Å². The standard InChI is InChI=1S/C20H25N3O2S/c1-13-11-15(3)23-20(26)18(13)19(25)21-12-17(24)22-14(2)9-10-16-7-5-4-6-8-16/h4-8,11,14H,9-10,12H2,1-3H3,(H,21,25)(H,22,24)(H,23,26). The van der Waals surface area contributed by atoms with Gasteiger partial charge in [0.25, 0.3) is 5.91 Å². The van der Waals surface area contributed by atoms with Crippen LogP contribution < -0.4 is 10.6 Å². The SMILES string of the molecule is Cc1cc(C)c(C(=O)NCC(=O)NC(C)CCc2ccccc2)c(=S)[nH]1. The Kier molecular flexibility index (Phi) is 7.09. The van der Waals surface area contributed by atoms with Crippen LogP contribution in [0, 0.1) is 18.5 Å². The highest BCUT2D eigenvalue weighted by molar-refractivity contribution is 7.71. The minimum absolute atomic E-state index is 0.0311. The van der Waals surface area contributed by atoms with Gasteiger partial charge in [-0.15, -0.1) is 0 Å². The maximum atomic E-state index is 12.3. The van der Waals surface area contributed by atoms with Gasteiger partial charge in [0.1, 0.15) is 4.64 Å². The molecular formula is C20H25N3O2S. The molecule has 1 aromatic carbocycles. The smallest absolute Gasteiger partial charge is 0.254 e. The quantitative estimate of drug-likeness (QED) is 0.654. The number of hydrogen-bond acceptors (Lipinski definition) is 3. The molecule has 0 saturated carbocycles. The average Bonchev–Trinajstić information content (AvgIpc) is 2.58. The Bertz CT molecular complexity index is 831. The number of amides is 2. The normalized spacial score (nSPS) is 11.7. The second-order valence-corrected chi connectivity index (χ2v) is 6.92. The minimum atomic E-state index is -0.337. The third-order valence-electron chi connectivity index (χ3n) is 4.12. The van der Waals surface area contributed by atoms with E-state index in [1.165, 1.54) is 5.56 Å². The van der Waals surface area contributed by atoms with E-state index >= 15 is 0 Å². The molecule has 0 aliphatic heterocycles. The molecular weight excluding hydrogens is 346 g/mol. The van der Waals surface area contributed by atoms with Gasteiger partial charge in [0.2, 0.25) is 5.91 Å². The van der Waals surface area contributed by atoms with Gasteiger partial charge in [-0.25, -0.2) is 0 Å². The Morgan fingerprint density at radius 1 is 1.19 bits per heavy atom. The second kappa shape index (κ2) is 9.29.